The van der Waals surface area contributed by atoms with Crippen LogP contribution in [0, 0.1) is 0 Å². The van der Waals surface area contributed by atoms with Crippen LogP contribution in [0.5, 0.6) is 0 Å². The maximum absolute atomic E-state index is 12.3. The van der Waals surface area contributed by atoms with Gasteiger partial charge in [0.2, 0.25) is 5.91 Å². The van der Waals surface area contributed by atoms with Gasteiger partial charge in [-0.1, -0.05) is 187 Å². The summed E-state index contributed by atoms with van der Waals surface area (Å²) in [6, 6.07) is -0.536. The van der Waals surface area contributed by atoms with E-state index in [2.05, 4.69) is 31.3 Å². The van der Waals surface area contributed by atoms with Gasteiger partial charge in [-0.2, -0.15) is 0 Å². The summed E-state index contributed by atoms with van der Waals surface area (Å²) >= 11 is 0. The Kier molecular flexibility index (Phi) is 34.9. The lowest BCUT2D eigenvalue weighted by Crippen LogP contribution is -2.45. The molecule has 256 valence electrons. The van der Waals surface area contributed by atoms with E-state index in [4.69, 9.17) is 0 Å². The summed E-state index contributed by atoms with van der Waals surface area (Å²) in [5, 5.41) is 23.0. The zero-order chi connectivity index (χ0) is 31.5. The van der Waals surface area contributed by atoms with Gasteiger partial charge in [0.05, 0.1) is 18.8 Å². The van der Waals surface area contributed by atoms with Gasteiger partial charge in [-0.25, -0.2) is 0 Å². The van der Waals surface area contributed by atoms with E-state index in [1.165, 1.54) is 148 Å². The second-order valence-electron chi connectivity index (χ2n) is 13.4. The minimum Gasteiger partial charge on any atom is -0.394 e. The molecule has 0 aromatic heterocycles. The van der Waals surface area contributed by atoms with E-state index in [-0.39, 0.29) is 12.5 Å². The normalized spacial score (nSPS) is 13.1. The lowest BCUT2D eigenvalue weighted by Gasteiger charge is -2.22. The number of nitrogens with one attached hydrogen (secondary N) is 1. The molecule has 0 heterocycles. The van der Waals surface area contributed by atoms with Crippen LogP contribution in [-0.4, -0.2) is 34.9 Å². The molecule has 0 saturated carbocycles. The zero-order valence-electron chi connectivity index (χ0n) is 29.2. The van der Waals surface area contributed by atoms with Crippen LogP contribution < -0.4 is 5.32 Å². The van der Waals surface area contributed by atoms with E-state index in [1.54, 1.807) is 0 Å². The van der Waals surface area contributed by atoms with Crippen LogP contribution in [0.2, 0.25) is 0 Å². The Morgan fingerprint density at radius 2 is 0.907 bits per heavy atom. The minimum atomic E-state index is -0.659. The van der Waals surface area contributed by atoms with Gasteiger partial charge in [0.1, 0.15) is 0 Å². The van der Waals surface area contributed by atoms with Gasteiger partial charge < -0.3 is 15.5 Å². The number of carbonyl (C=O) groups is 1. The van der Waals surface area contributed by atoms with Gasteiger partial charge in [0, 0.05) is 6.42 Å². The van der Waals surface area contributed by atoms with Crippen molar-refractivity contribution in [1.29, 1.82) is 0 Å². The maximum atomic E-state index is 12.3. The Hall–Kier alpha value is -0.870. The molecule has 43 heavy (non-hydrogen) atoms. The molecule has 0 aromatic carbocycles. The van der Waals surface area contributed by atoms with Crippen molar-refractivity contribution in [2.24, 2.45) is 0 Å². The Morgan fingerprint density at radius 3 is 1.35 bits per heavy atom. The molecule has 0 aromatic rings. The average molecular weight is 608 g/mol. The van der Waals surface area contributed by atoms with Crippen LogP contribution in [-0.2, 0) is 4.79 Å². The van der Waals surface area contributed by atoms with Crippen LogP contribution in [0.25, 0.3) is 0 Å². The Bertz CT molecular complexity index is 579. The number of unbranched alkanes of at least 4 members (excludes halogenated alkanes) is 26. The minimum absolute atomic E-state index is 0.0450. The molecule has 0 radical (unpaired) electrons. The highest BCUT2D eigenvalue weighted by molar-refractivity contribution is 5.76. The summed E-state index contributed by atoms with van der Waals surface area (Å²) in [7, 11) is 0. The Labute approximate surface area is 269 Å². The molecule has 2 unspecified atom stereocenters. The monoisotopic (exact) mass is 608 g/mol. The van der Waals surface area contributed by atoms with Crippen molar-refractivity contribution < 1.29 is 15.0 Å². The van der Waals surface area contributed by atoms with E-state index in [9.17, 15) is 15.0 Å². The summed E-state index contributed by atoms with van der Waals surface area (Å²) in [6.07, 6.45) is 42.8. The second-order valence-corrected chi connectivity index (χ2v) is 13.4. The number of aliphatic hydroxyl groups is 2. The number of amides is 1. The van der Waals surface area contributed by atoms with E-state index >= 15 is 0 Å². The number of rotatable bonds is 35. The van der Waals surface area contributed by atoms with Gasteiger partial charge in [-0.3, -0.25) is 4.79 Å². The molecular formula is C39H77NO3. The van der Waals surface area contributed by atoms with Crippen LogP contribution in [0.3, 0.4) is 0 Å². The van der Waals surface area contributed by atoms with E-state index in [0.29, 0.717) is 12.8 Å². The molecule has 1 amide bonds. The fraction of sp³-hybridized carbons (Fsp3) is 0.923. The Morgan fingerprint density at radius 1 is 0.535 bits per heavy atom. The largest absolute Gasteiger partial charge is 0.394 e. The lowest BCUT2D eigenvalue weighted by atomic mass is 10.0. The van der Waals surface area contributed by atoms with Gasteiger partial charge in [0.25, 0.3) is 0 Å². The van der Waals surface area contributed by atoms with E-state index in [0.717, 1.165) is 38.5 Å². The first-order valence-corrected chi connectivity index (χ1v) is 19.4. The van der Waals surface area contributed by atoms with Crippen molar-refractivity contribution in [2.75, 3.05) is 6.61 Å². The van der Waals surface area contributed by atoms with Crippen LogP contribution in [0.4, 0.5) is 0 Å². The molecular weight excluding hydrogens is 530 g/mol. The number of aliphatic hydroxyl groups excluding tert-OH is 2. The van der Waals surface area contributed by atoms with Crippen molar-refractivity contribution in [3.63, 3.8) is 0 Å². The van der Waals surface area contributed by atoms with Crippen LogP contribution >= 0.6 is 0 Å². The summed E-state index contributed by atoms with van der Waals surface area (Å²) in [5.41, 5.74) is 0. The molecule has 0 saturated heterocycles. The van der Waals surface area contributed by atoms with Crippen molar-refractivity contribution >= 4 is 5.91 Å². The topological polar surface area (TPSA) is 69.6 Å². The number of hydrogen-bond acceptors (Lipinski definition) is 3. The van der Waals surface area contributed by atoms with Gasteiger partial charge in [0.15, 0.2) is 0 Å². The predicted molar refractivity (Wildman–Crippen MR) is 189 cm³/mol. The maximum Gasteiger partial charge on any atom is 0.220 e. The SMILES string of the molecule is CCCC/C=C\CCCCCCC(=O)NC(CO)C(O)CCCCCCCCCCCCCCCCCCCCCCC. The molecule has 3 N–H and O–H groups in total. The third-order valence-electron chi connectivity index (χ3n) is 9.03. The zero-order valence-corrected chi connectivity index (χ0v) is 29.2. The fourth-order valence-corrected chi connectivity index (χ4v) is 5.99. The summed E-state index contributed by atoms with van der Waals surface area (Å²) in [4.78, 5) is 12.3. The quantitative estimate of drug-likeness (QED) is 0.0496. The van der Waals surface area contributed by atoms with Gasteiger partial charge >= 0.3 is 0 Å². The standard InChI is InChI=1S/C39H77NO3/c1-3-5-7-9-11-13-15-16-17-18-19-20-21-22-23-24-25-26-28-30-32-34-38(42)37(36-41)40-39(43)35-33-31-29-27-14-12-10-8-6-4-2/h10,12,37-38,41-42H,3-9,11,13-36H2,1-2H3,(H,40,43)/b12-10-. The number of carbonyl (C=O) groups excluding carboxylic acids is 1. The number of allylic oxidation sites excluding steroid dienone is 2. The lowest BCUT2D eigenvalue weighted by molar-refractivity contribution is -0.123. The highest BCUT2D eigenvalue weighted by Gasteiger charge is 2.19. The van der Waals surface area contributed by atoms with Crippen molar-refractivity contribution in [3.05, 3.63) is 12.2 Å². The molecule has 0 rings (SSSR count). The summed E-state index contributed by atoms with van der Waals surface area (Å²) in [5.74, 6) is -0.0450. The smallest absolute Gasteiger partial charge is 0.220 e. The van der Waals surface area contributed by atoms with Crippen LogP contribution in [0.15, 0.2) is 12.2 Å². The average Bonchev–Trinajstić information content (AvgIpc) is 3.01. The summed E-state index contributed by atoms with van der Waals surface area (Å²) in [6.45, 7) is 4.31. The number of hydrogen-bond donors (Lipinski definition) is 3. The van der Waals surface area contributed by atoms with Crippen molar-refractivity contribution in [2.45, 2.75) is 225 Å². The third kappa shape index (κ3) is 32.3. The fourth-order valence-electron chi connectivity index (χ4n) is 5.99. The highest BCUT2D eigenvalue weighted by atomic mass is 16.3. The first-order chi connectivity index (χ1) is 21.2. The first kappa shape index (κ1) is 42.1. The van der Waals surface area contributed by atoms with Gasteiger partial charge in [-0.05, 0) is 32.1 Å². The molecule has 0 aliphatic carbocycles. The predicted octanol–water partition coefficient (Wildman–Crippen LogP) is 11.5. The first-order valence-electron chi connectivity index (χ1n) is 19.4. The van der Waals surface area contributed by atoms with Crippen molar-refractivity contribution in [1.82, 2.24) is 5.32 Å². The molecule has 2 atom stereocenters. The van der Waals surface area contributed by atoms with Crippen LogP contribution in [0.1, 0.15) is 213 Å². The summed E-state index contributed by atoms with van der Waals surface area (Å²) < 4.78 is 0. The second kappa shape index (κ2) is 35.6. The van der Waals surface area contributed by atoms with Crippen molar-refractivity contribution in [3.8, 4) is 0 Å². The molecule has 0 fully saturated rings. The van der Waals surface area contributed by atoms with E-state index in [1.807, 2.05) is 0 Å². The Balaban J connectivity index is 3.48. The van der Waals surface area contributed by atoms with Gasteiger partial charge in [-0.15, -0.1) is 0 Å². The highest BCUT2D eigenvalue weighted by Crippen LogP contribution is 2.16. The molecule has 4 nitrogen and oxygen atoms in total. The van der Waals surface area contributed by atoms with E-state index < -0.39 is 12.1 Å². The molecule has 0 spiro atoms. The molecule has 0 aliphatic rings. The third-order valence-corrected chi connectivity index (χ3v) is 9.03. The molecule has 0 aliphatic heterocycles. The molecule has 4 heteroatoms. The molecule has 0 bridgehead atoms.